The zero-order valence-corrected chi connectivity index (χ0v) is 8.08. The van der Waals surface area contributed by atoms with Gasteiger partial charge in [-0.15, -0.1) is 0 Å². The van der Waals surface area contributed by atoms with Crippen LogP contribution in [0.1, 0.15) is 24.8 Å². The van der Waals surface area contributed by atoms with Crippen molar-refractivity contribution in [3.63, 3.8) is 0 Å². The van der Waals surface area contributed by atoms with Crippen molar-refractivity contribution in [2.24, 2.45) is 5.73 Å². The van der Waals surface area contributed by atoms with Gasteiger partial charge in [0.2, 0.25) is 5.91 Å². The van der Waals surface area contributed by atoms with Crippen LogP contribution >= 0.6 is 11.6 Å². The maximum Gasteiger partial charge on any atom is 0.224 e. The summed E-state index contributed by atoms with van der Waals surface area (Å²) in [6.07, 6.45) is 2.25. The summed E-state index contributed by atoms with van der Waals surface area (Å²) in [6.45, 7) is 1.91. The maximum atomic E-state index is 11.0. The second-order valence-electron chi connectivity index (χ2n) is 2.78. The van der Waals surface area contributed by atoms with E-state index in [1.54, 1.807) is 18.3 Å². The number of primary amides is 1. The Hall–Kier alpha value is -1.09. The van der Waals surface area contributed by atoms with Crippen molar-refractivity contribution in [2.45, 2.75) is 19.3 Å². The molecule has 1 amide bonds. The lowest BCUT2D eigenvalue weighted by Crippen LogP contribution is -2.20. The molecule has 0 aliphatic rings. The topological polar surface area (TPSA) is 56.0 Å². The molecule has 1 aromatic rings. The Morgan fingerprint density at radius 3 is 2.92 bits per heavy atom. The van der Waals surface area contributed by atoms with E-state index in [1.165, 1.54) is 0 Å². The van der Waals surface area contributed by atoms with E-state index in [0.717, 1.165) is 5.56 Å². The number of aromatic nitrogens is 1. The lowest BCUT2D eigenvalue weighted by molar-refractivity contribution is -0.119. The van der Waals surface area contributed by atoms with Crippen molar-refractivity contribution >= 4 is 17.5 Å². The van der Waals surface area contributed by atoms with Gasteiger partial charge in [-0.25, -0.2) is 4.98 Å². The van der Waals surface area contributed by atoms with Crippen molar-refractivity contribution in [1.82, 2.24) is 4.98 Å². The third-order valence-corrected chi connectivity index (χ3v) is 2.11. The molecule has 0 bridgehead atoms. The zero-order valence-electron chi connectivity index (χ0n) is 7.33. The van der Waals surface area contributed by atoms with Crippen LogP contribution in [0.4, 0.5) is 0 Å². The lowest BCUT2D eigenvalue weighted by Gasteiger charge is -2.10. The van der Waals surface area contributed by atoms with Crippen LogP contribution in [0.5, 0.6) is 0 Å². The third-order valence-electron chi connectivity index (χ3n) is 1.90. The van der Waals surface area contributed by atoms with Crippen LogP contribution in [-0.4, -0.2) is 10.9 Å². The largest absolute Gasteiger partial charge is 0.369 e. The van der Waals surface area contributed by atoms with Crippen molar-refractivity contribution in [2.75, 3.05) is 0 Å². The molecule has 1 heterocycles. The molecular weight excluding hydrogens is 188 g/mol. The molecule has 0 saturated heterocycles. The van der Waals surface area contributed by atoms with Crippen LogP contribution < -0.4 is 5.73 Å². The monoisotopic (exact) mass is 198 g/mol. The number of carbonyl (C=O) groups is 1. The quantitative estimate of drug-likeness (QED) is 0.752. The number of amides is 1. The van der Waals surface area contributed by atoms with E-state index < -0.39 is 0 Å². The second kappa shape index (κ2) is 4.23. The first-order valence-corrected chi connectivity index (χ1v) is 4.43. The van der Waals surface area contributed by atoms with Crippen LogP contribution in [0.25, 0.3) is 0 Å². The van der Waals surface area contributed by atoms with E-state index in [1.807, 2.05) is 6.92 Å². The first kappa shape index (κ1) is 9.99. The average molecular weight is 199 g/mol. The number of pyridine rings is 1. The predicted octanol–water partition coefficient (Wildman–Crippen LogP) is 1.71. The van der Waals surface area contributed by atoms with Crippen LogP contribution in [0.3, 0.4) is 0 Å². The first-order chi connectivity index (χ1) is 6.15. The van der Waals surface area contributed by atoms with Crippen molar-refractivity contribution < 1.29 is 4.79 Å². The highest BCUT2D eigenvalue weighted by Gasteiger charge is 2.15. The summed E-state index contributed by atoms with van der Waals surface area (Å²) < 4.78 is 0. The summed E-state index contributed by atoms with van der Waals surface area (Å²) in [5.41, 5.74) is 6.06. The van der Waals surface area contributed by atoms with E-state index in [0.29, 0.717) is 11.6 Å². The van der Waals surface area contributed by atoms with Gasteiger partial charge in [-0.2, -0.15) is 0 Å². The number of hydrogen-bond donors (Lipinski definition) is 1. The van der Waals surface area contributed by atoms with Gasteiger partial charge in [-0.05, 0) is 24.1 Å². The minimum Gasteiger partial charge on any atom is -0.369 e. The Bertz CT molecular complexity index is 314. The normalized spacial score (nSPS) is 12.5. The van der Waals surface area contributed by atoms with E-state index in [4.69, 9.17) is 17.3 Å². The molecule has 0 radical (unpaired) electrons. The SMILES string of the molecule is CCC(C(N)=O)c1ccnc(Cl)c1. The molecule has 1 unspecified atom stereocenters. The predicted molar refractivity (Wildman–Crippen MR) is 51.5 cm³/mol. The van der Waals surface area contributed by atoms with Crippen LogP contribution in [-0.2, 0) is 4.79 Å². The Labute approximate surface area is 81.9 Å². The highest BCUT2D eigenvalue weighted by molar-refractivity contribution is 6.29. The summed E-state index contributed by atoms with van der Waals surface area (Å²) in [5, 5.41) is 0.386. The molecule has 0 aliphatic carbocycles. The summed E-state index contributed by atoms with van der Waals surface area (Å²) in [4.78, 5) is 14.8. The van der Waals surface area contributed by atoms with Gasteiger partial charge < -0.3 is 5.73 Å². The number of halogens is 1. The van der Waals surface area contributed by atoms with Gasteiger partial charge in [0.25, 0.3) is 0 Å². The Kier molecular flexibility index (Phi) is 3.25. The van der Waals surface area contributed by atoms with Crippen LogP contribution in [0, 0.1) is 0 Å². The van der Waals surface area contributed by atoms with E-state index >= 15 is 0 Å². The van der Waals surface area contributed by atoms with E-state index in [2.05, 4.69) is 4.98 Å². The minimum atomic E-state index is -0.329. The Morgan fingerprint density at radius 2 is 2.46 bits per heavy atom. The fourth-order valence-electron chi connectivity index (χ4n) is 1.24. The molecule has 0 fully saturated rings. The van der Waals surface area contributed by atoms with Gasteiger partial charge in [-0.1, -0.05) is 18.5 Å². The smallest absolute Gasteiger partial charge is 0.224 e. The van der Waals surface area contributed by atoms with Gasteiger partial charge in [0.05, 0.1) is 5.92 Å². The number of hydrogen-bond acceptors (Lipinski definition) is 2. The highest BCUT2D eigenvalue weighted by Crippen LogP contribution is 2.20. The van der Waals surface area contributed by atoms with Crippen LogP contribution in [0.2, 0.25) is 5.15 Å². The van der Waals surface area contributed by atoms with E-state index in [-0.39, 0.29) is 11.8 Å². The molecule has 0 spiro atoms. The second-order valence-corrected chi connectivity index (χ2v) is 3.16. The zero-order chi connectivity index (χ0) is 9.84. The molecule has 2 N–H and O–H groups in total. The molecule has 4 heteroatoms. The van der Waals surface area contributed by atoms with Gasteiger partial charge >= 0.3 is 0 Å². The minimum absolute atomic E-state index is 0.263. The maximum absolute atomic E-state index is 11.0. The van der Waals surface area contributed by atoms with Crippen molar-refractivity contribution in [3.8, 4) is 0 Å². The van der Waals surface area contributed by atoms with Gasteiger partial charge in [0, 0.05) is 6.20 Å². The summed E-state index contributed by atoms with van der Waals surface area (Å²) in [5.74, 6) is -0.592. The average Bonchev–Trinajstić information content (AvgIpc) is 2.04. The first-order valence-electron chi connectivity index (χ1n) is 4.06. The molecule has 0 aliphatic heterocycles. The van der Waals surface area contributed by atoms with Gasteiger partial charge in [0.15, 0.2) is 0 Å². The third kappa shape index (κ3) is 2.42. The summed E-state index contributed by atoms with van der Waals surface area (Å²) >= 11 is 5.69. The van der Waals surface area contributed by atoms with Crippen molar-refractivity contribution in [3.05, 3.63) is 29.0 Å². The number of carbonyl (C=O) groups excluding carboxylic acids is 1. The molecular formula is C9H11ClN2O. The number of nitrogens with zero attached hydrogens (tertiary/aromatic N) is 1. The summed E-state index contributed by atoms with van der Waals surface area (Å²) in [7, 11) is 0. The molecule has 1 rings (SSSR count). The number of rotatable bonds is 3. The van der Waals surface area contributed by atoms with Crippen LogP contribution in [0.15, 0.2) is 18.3 Å². The summed E-state index contributed by atoms with van der Waals surface area (Å²) in [6, 6.07) is 3.42. The highest BCUT2D eigenvalue weighted by atomic mass is 35.5. The van der Waals surface area contributed by atoms with Gasteiger partial charge in [0.1, 0.15) is 5.15 Å². The van der Waals surface area contributed by atoms with Crippen molar-refractivity contribution in [1.29, 1.82) is 0 Å². The molecule has 0 saturated carbocycles. The van der Waals surface area contributed by atoms with E-state index in [9.17, 15) is 4.79 Å². The molecule has 1 atom stereocenters. The molecule has 70 valence electrons. The molecule has 13 heavy (non-hydrogen) atoms. The molecule has 0 aromatic carbocycles. The lowest BCUT2D eigenvalue weighted by atomic mass is 9.97. The fraction of sp³-hybridized carbons (Fsp3) is 0.333. The standard InChI is InChI=1S/C9H11ClN2O/c1-2-7(9(11)13)6-3-4-12-8(10)5-6/h3-5,7H,2H2,1H3,(H2,11,13). The molecule has 1 aromatic heterocycles. The fourth-order valence-corrected chi connectivity index (χ4v) is 1.42. The Morgan fingerprint density at radius 1 is 1.77 bits per heavy atom. The van der Waals surface area contributed by atoms with Gasteiger partial charge in [-0.3, -0.25) is 4.79 Å². The molecule has 3 nitrogen and oxygen atoms in total. The number of nitrogens with two attached hydrogens (primary N) is 1. The Balaban J connectivity index is 2.98.